The van der Waals surface area contributed by atoms with Crippen LogP contribution in [0.1, 0.15) is 198 Å². The van der Waals surface area contributed by atoms with Crippen molar-refractivity contribution in [2.24, 2.45) is 17.6 Å². The van der Waals surface area contributed by atoms with Gasteiger partial charge in [0, 0.05) is 95.3 Å². The zero-order valence-corrected chi connectivity index (χ0v) is 53.6. The second-order valence-corrected chi connectivity index (χ2v) is 22.9. The van der Waals surface area contributed by atoms with Gasteiger partial charge in [0.25, 0.3) is 8.61 Å². The minimum Gasteiger partial charge on any atom is -0.481 e. The van der Waals surface area contributed by atoms with Gasteiger partial charge in [-0.3, -0.25) is 53.0 Å². The Labute approximate surface area is 534 Å². The number of aliphatic carboxylic acids is 4. The van der Waals surface area contributed by atoms with Crippen LogP contribution in [-0.2, 0) is 87.5 Å². The van der Waals surface area contributed by atoms with Gasteiger partial charge in [0.05, 0.1) is 51.3 Å². The molecule has 12 N–H and O–H groups in total. The Morgan fingerprint density at radius 3 is 1.58 bits per heavy atom. The van der Waals surface area contributed by atoms with Crippen molar-refractivity contribution >= 4 is 79.4 Å². The number of aromatic nitrogens is 2. The highest BCUT2D eigenvalue weighted by Gasteiger charge is 2.27. The lowest BCUT2D eigenvalue weighted by atomic mass is 9.93. The van der Waals surface area contributed by atoms with Gasteiger partial charge in [-0.1, -0.05) is 83.5 Å². The maximum absolute atomic E-state index is 12.6. The Balaban J connectivity index is 2.12. The van der Waals surface area contributed by atoms with Crippen molar-refractivity contribution in [1.29, 1.82) is 0 Å². The fraction of sp³-hybridized carbons (Fsp3) is 0.754. The lowest BCUT2D eigenvalue weighted by molar-refractivity contribution is -0.145. The van der Waals surface area contributed by atoms with Crippen LogP contribution < -0.4 is 32.1 Å². The minimum absolute atomic E-state index is 0.00149. The number of Topliss-reactive ketones (excluding diaryl/α,β-unsaturated/α-hetero) is 3. The highest BCUT2D eigenvalue weighted by molar-refractivity contribution is 7.22. The predicted octanol–water partition coefficient (Wildman–Crippen LogP) is 4.85. The number of ether oxygens (including phenoxy) is 4. The molecule has 1 aromatic heterocycles. The highest BCUT2D eigenvalue weighted by Crippen LogP contribution is 2.19. The van der Waals surface area contributed by atoms with E-state index in [4.69, 9.17) is 29.8 Å². The molecule has 0 aromatic carbocycles. The second kappa shape index (κ2) is 54.0. The van der Waals surface area contributed by atoms with Crippen LogP contribution in [0.3, 0.4) is 0 Å². The number of amides is 5. The van der Waals surface area contributed by atoms with Crippen molar-refractivity contribution < 1.29 is 101 Å². The third-order valence-corrected chi connectivity index (χ3v) is 15.1. The molecule has 1 heterocycles. The number of unbranched alkanes of at least 4 members (excludes halogenated alkanes) is 14. The largest absolute Gasteiger partial charge is 0.481 e. The van der Waals surface area contributed by atoms with Crippen LogP contribution in [0.2, 0.25) is 0 Å². The topological polar surface area (TPSA) is 455 Å². The number of nitrogens with one attached hydrogen (secondary N) is 6. The summed E-state index contributed by atoms with van der Waals surface area (Å²) in [4.78, 5) is 152. The molecular weight excluding hydrogens is 1210 g/mol. The number of carboxylic acids is 4. The maximum atomic E-state index is 12.6. The van der Waals surface area contributed by atoms with Crippen molar-refractivity contribution in [2.45, 2.75) is 217 Å². The molecule has 5 atom stereocenters. The lowest BCUT2D eigenvalue weighted by Gasteiger charge is -2.16. The Morgan fingerprint density at radius 2 is 1.01 bits per heavy atom. The van der Waals surface area contributed by atoms with Crippen LogP contribution in [0.25, 0.3) is 0 Å². The molecule has 0 aliphatic carbocycles. The standard InChI is InChI=1S/C61H101N8O21P/c62-49(39-46-40-63-43-66-46)52(72)27-22-44(58(79)69-91-86)18-15-16-30-64-53(73)29-26-51(61(84)85)68-55(75)28-23-45(59(80)81)38-48(71)41-89-36-35-88-33-31-65-56(76)42-90-37-34-87-32-17-19-47(70)24-25-50(60(82)83)67-54(74)20-13-11-9-7-5-3-1-2-4-6-8-10-12-14-21-57(77)78/h40,43-45,49-51H,1-39,41-42,62H2,(H,63,66)(H,64,73)(H,65,76)(H,67,74)(H,68,75)(H,77,78)(H,80,81)(H,82,83)(H,84,85)(H,69,79,86)/t44-,45-,49+,50+,51+/m1/s1. The van der Waals surface area contributed by atoms with E-state index < -0.39 is 111 Å². The average molecular weight is 1310 g/mol. The van der Waals surface area contributed by atoms with Crippen LogP contribution in [0.5, 0.6) is 0 Å². The van der Waals surface area contributed by atoms with Gasteiger partial charge in [-0.15, -0.1) is 0 Å². The predicted molar refractivity (Wildman–Crippen MR) is 330 cm³/mol. The normalized spacial score (nSPS) is 12.8. The van der Waals surface area contributed by atoms with Crippen LogP contribution >= 0.6 is 8.61 Å². The number of carbonyl (C=O) groups excluding carboxylic acids is 8. The summed E-state index contributed by atoms with van der Waals surface area (Å²) in [7, 11) is -0.585. The van der Waals surface area contributed by atoms with Crippen molar-refractivity contribution in [3.8, 4) is 0 Å². The van der Waals surface area contributed by atoms with E-state index in [1.807, 2.05) is 0 Å². The van der Waals surface area contributed by atoms with E-state index in [0.717, 1.165) is 51.4 Å². The summed E-state index contributed by atoms with van der Waals surface area (Å²) in [5.41, 5.74) is 6.69. The molecule has 516 valence electrons. The molecule has 0 radical (unpaired) electrons. The molecule has 0 aliphatic rings. The van der Waals surface area contributed by atoms with E-state index in [1.54, 1.807) is 6.20 Å². The van der Waals surface area contributed by atoms with E-state index in [0.29, 0.717) is 37.8 Å². The molecule has 0 fully saturated rings. The second-order valence-electron chi connectivity index (χ2n) is 22.5. The SMILES string of the molecule is N[C@@H](Cc1cnc[nH]1)C(=O)CC[C@@H](CCCCNC(=O)CC[C@H](NC(=O)CC[C@H](CC(=O)COCCOCCNC(=O)COCCOCCCC(=O)CC[C@H](NC(=O)CCCCCCCCCCCCCCCCC(=O)O)C(=O)O)C(=O)O)C(=O)O)C(=O)NP=O. The van der Waals surface area contributed by atoms with Gasteiger partial charge in [-0.2, -0.15) is 0 Å². The zero-order valence-electron chi connectivity index (χ0n) is 52.7. The van der Waals surface area contributed by atoms with Crippen molar-refractivity contribution in [3.05, 3.63) is 18.2 Å². The number of nitrogens with zero attached hydrogens (tertiary/aromatic N) is 1. The van der Waals surface area contributed by atoms with Crippen LogP contribution in [0.4, 0.5) is 0 Å². The monoisotopic (exact) mass is 1310 g/mol. The number of carbonyl (C=O) groups is 12. The number of hydrogen-bond acceptors (Lipinski definition) is 19. The molecule has 0 spiro atoms. The fourth-order valence-corrected chi connectivity index (χ4v) is 9.76. The van der Waals surface area contributed by atoms with Crippen molar-refractivity contribution in [2.75, 3.05) is 65.9 Å². The number of nitrogens with two attached hydrogens (primary N) is 1. The van der Waals surface area contributed by atoms with Gasteiger partial charge in [0.1, 0.15) is 36.9 Å². The quantitative estimate of drug-likeness (QED) is 0.0306. The average Bonchev–Trinajstić information content (AvgIpc) is 4.18. The van der Waals surface area contributed by atoms with Crippen LogP contribution in [0, 0.1) is 11.8 Å². The minimum atomic E-state index is -1.46. The molecule has 29 nitrogen and oxygen atoms in total. The fourth-order valence-electron chi connectivity index (χ4n) is 9.49. The Hall–Kier alpha value is -6.65. The summed E-state index contributed by atoms with van der Waals surface area (Å²) in [5.74, 6) is -10.1. The molecule has 1 rings (SSSR count). The third kappa shape index (κ3) is 47.0. The lowest BCUT2D eigenvalue weighted by Crippen LogP contribution is -2.42. The summed E-state index contributed by atoms with van der Waals surface area (Å²) in [6, 6.07) is -3.41. The van der Waals surface area contributed by atoms with Crippen LogP contribution in [-0.4, -0.2) is 185 Å². The molecule has 0 saturated carbocycles. The summed E-state index contributed by atoms with van der Waals surface area (Å²) in [6.45, 7) is 0.306. The highest BCUT2D eigenvalue weighted by atomic mass is 31.1. The molecule has 91 heavy (non-hydrogen) atoms. The Kier molecular flexibility index (Phi) is 48.8. The number of hydrogen-bond donors (Lipinski definition) is 11. The molecule has 0 aliphatic heterocycles. The van der Waals surface area contributed by atoms with Gasteiger partial charge in [0.15, 0.2) is 5.78 Å². The molecule has 1 aromatic rings. The number of imidazole rings is 1. The first-order valence-corrected chi connectivity index (χ1v) is 32.8. The van der Waals surface area contributed by atoms with Gasteiger partial charge < -0.3 is 71.4 Å². The smallest absolute Gasteiger partial charge is 0.326 e. The Morgan fingerprint density at radius 1 is 0.484 bits per heavy atom. The first-order valence-electron chi connectivity index (χ1n) is 32.0. The first kappa shape index (κ1) is 82.4. The number of rotatable bonds is 63. The molecule has 0 bridgehead atoms. The summed E-state index contributed by atoms with van der Waals surface area (Å²) >= 11 is 0. The Bertz CT molecular complexity index is 2310. The third-order valence-electron chi connectivity index (χ3n) is 14.8. The number of H-pyrrole nitrogens is 1. The molecular formula is C61H101N8O21P. The van der Waals surface area contributed by atoms with E-state index >= 15 is 0 Å². The molecule has 0 unspecified atom stereocenters. The molecule has 5 amide bonds. The maximum Gasteiger partial charge on any atom is 0.326 e. The van der Waals surface area contributed by atoms with Gasteiger partial charge >= 0.3 is 23.9 Å². The van der Waals surface area contributed by atoms with E-state index in [9.17, 15) is 77.4 Å². The zero-order chi connectivity index (χ0) is 67.3. The molecule has 30 heteroatoms. The summed E-state index contributed by atoms with van der Waals surface area (Å²) in [5, 5.41) is 49.9. The van der Waals surface area contributed by atoms with Gasteiger partial charge in [-0.25, -0.2) is 19.1 Å². The number of carboxylic acid groups (broad SMARTS) is 4. The van der Waals surface area contributed by atoms with Gasteiger partial charge in [-0.05, 0) is 57.8 Å². The van der Waals surface area contributed by atoms with Crippen LogP contribution in [0.15, 0.2) is 12.5 Å². The van der Waals surface area contributed by atoms with Gasteiger partial charge in [0.2, 0.25) is 29.5 Å². The molecule has 0 saturated heterocycles. The summed E-state index contributed by atoms with van der Waals surface area (Å²) in [6.07, 6.45) is 18.8. The number of aromatic amines is 1. The van der Waals surface area contributed by atoms with E-state index in [2.05, 4.69) is 36.3 Å². The number of ketones is 3. The van der Waals surface area contributed by atoms with Crippen molar-refractivity contribution in [1.82, 2.24) is 36.3 Å². The van der Waals surface area contributed by atoms with E-state index in [1.165, 1.54) is 38.4 Å². The van der Waals surface area contributed by atoms with Crippen molar-refractivity contribution in [3.63, 3.8) is 0 Å². The van der Waals surface area contributed by atoms with E-state index in [-0.39, 0.29) is 147 Å². The first-order chi connectivity index (χ1) is 43.7. The summed E-state index contributed by atoms with van der Waals surface area (Å²) < 4.78 is 32.4.